The van der Waals surface area contributed by atoms with Gasteiger partial charge in [-0.25, -0.2) is 0 Å². The molecule has 1 aromatic rings. The minimum absolute atomic E-state index is 0.126. The van der Waals surface area contributed by atoms with Crippen LogP contribution in [0.2, 0.25) is 0 Å². The molecule has 19 heavy (non-hydrogen) atoms. The van der Waals surface area contributed by atoms with Crippen LogP contribution in [0.25, 0.3) is 0 Å². The number of nitrogens with zero attached hydrogens (tertiary/aromatic N) is 3. The Morgan fingerprint density at radius 3 is 2.95 bits per heavy atom. The van der Waals surface area contributed by atoms with Crippen molar-refractivity contribution in [2.24, 2.45) is 0 Å². The van der Waals surface area contributed by atoms with Crippen LogP contribution in [0.1, 0.15) is 64.8 Å². The van der Waals surface area contributed by atoms with E-state index in [4.69, 9.17) is 4.42 Å². The van der Waals surface area contributed by atoms with Gasteiger partial charge >= 0.3 is 6.01 Å². The number of hydrogen-bond donors (Lipinski definition) is 1. The van der Waals surface area contributed by atoms with Crippen LogP contribution < -0.4 is 10.2 Å². The summed E-state index contributed by atoms with van der Waals surface area (Å²) in [5, 5.41) is 11.7. The molecule has 1 aromatic heterocycles. The van der Waals surface area contributed by atoms with E-state index in [9.17, 15) is 0 Å². The molecular formula is C14H26N4O. The SMILES string of the molecule is CCCC1CCCCN1c1nnc(C(C)NCC)o1. The second-order valence-corrected chi connectivity index (χ2v) is 5.33. The fourth-order valence-electron chi connectivity index (χ4n) is 2.80. The molecule has 1 saturated heterocycles. The van der Waals surface area contributed by atoms with Crippen LogP contribution in [0.3, 0.4) is 0 Å². The lowest BCUT2D eigenvalue weighted by Crippen LogP contribution is -2.39. The number of piperidine rings is 1. The van der Waals surface area contributed by atoms with Crippen molar-refractivity contribution in [1.82, 2.24) is 15.5 Å². The van der Waals surface area contributed by atoms with Crippen molar-refractivity contribution in [1.29, 1.82) is 0 Å². The molecule has 1 aliphatic rings. The molecule has 0 bridgehead atoms. The predicted octanol–water partition coefficient (Wildman–Crippen LogP) is 2.90. The van der Waals surface area contributed by atoms with Crippen molar-refractivity contribution in [2.75, 3.05) is 18.0 Å². The average molecular weight is 266 g/mol. The molecular weight excluding hydrogens is 240 g/mol. The van der Waals surface area contributed by atoms with Crippen LogP contribution >= 0.6 is 0 Å². The molecule has 0 aliphatic carbocycles. The molecule has 5 nitrogen and oxygen atoms in total. The molecule has 108 valence electrons. The smallest absolute Gasteiger partial charge is 0.318 e. The van der Waals surface area contributed by atoms with Gasteiger partial charge in [0.05, 0.1) is 6.04 Å². The molecule has 0 saturated carbocycles. The highest BCUT2D eigenvalue weighted by Gasteiger charge is 2.26. The minimum Gasteiger partial charge on any atom is -0.406 e. The summed E-state index contributed by atoms with van der Waals surface area (Å²) in [5.41, 5.74) is 0. The Morgan fingerprint density at radius 2 is 2.21 bits per heavy atom. The Hall–Kier alpha value is -1.10. The monoisotopic (exact) mass is 266 g/mol. The zero-order chi connectivity index (χ0) is 13.7. The second-order valence-electron chi connectivity index (χ2n) is 5.33. The van der Waals surface area contributed by atoms with E-state index in [1.807, 2.05) is 0 Å². The lowest BCUT2D eigenvalue weighted by molar-refractivity contribution is 0.375. The van der Waals surface area contributed by atoms with Crippen LogP contribution in [0.15, 0.2) is 4.42 Å². The molecule has 0 amide bonds. The molecule has 0 aromatic carbocycles. The highest BCUT2D eigenvalue weighted by molar-refractivity contribution is 5.27. The topological polar surface area (TPSA) is 54.2 Å². The first-order valence-corrected chi connectivity index (χ1v) is 7.59. The lowest BCUT2D eigenvalue weighted by atomic mass is 9.99. The number of hydrogen-bond acceptors (Lipinski definition) is 5. The van der Waals surface area contributed by atoms with Gasteiger partial charge in [-0.05, 0) is 39.2 Å². The minimum atomic E-state index is 0.126. The number of anilines is 1. The van der Waals surface area contributed by atoms with E-state index in [2.05, 4.69) is 41.2 Å². The maximum atomic E-state index is 5.86. The van der Waals surface area contributed by atoms with Crippen LogP contribution in [-0.4, -0.2) is 29.3 Å². The van der Waals surface area contributed by atoms with Crippen molar-refractivity contribution < 1.29 is 4.42 Å². The summed E-state index contributed by atoms with van der Waals surface area (Å²) in [6.07, 6.45) is 6.20. The summed E-state index contributed by atoms with van der Waals surface area (Å²) in [6, 6.07) is 1.40. The zero-order valence-electron chi connectivity index (χ0n) is 12.4. The average Bonchev–Trinajstić information content (AvgIpc) is 2.90. The van der Waals surface area contributed by atoms with Gasteiger partial charge in [0, 0.05) is 12.6 Å². The van der Waals surface area contributed by atoms with Gasteiger partial charge in [-0.15, -0.1) is 5.10 Å². The maximum absolute atomic E-state index is 5.86. The van der Waals surface area contributed by atoms with E-state index < -0.39 is 0 Å². The quantitative estimate of drug-likeness (QED) is 0.858. The Labute approximate surface area is 115 Å². The standard InChI is InChI=1S/C14H26N4O/c1-4-8-12-9-6-7-10-18(12)14-17-16-13(19-14)11(3)15-5-2/h11-12,15H,4-10H2,1-3H3. The van der Waals surface area contributed by atoms with E-state index in [0.29, 0.717) is 17.9 Å². The fraction of sp³-hybridized carbons (Fsp3) is 0.857. The van der Waals surface area contributed by atoms with Crippen molar-refractivity contribution in [3.05, 3.63) is 5.89 Å². The Kier molecular flexibility index (Phi) is 5.19. The van der Waals surface area contributed by atoms with Gasteiger partial charge < -0.3 is 14.6 Å². The molecule has 2 unspecified atom stereocenters. The van der Waals surface area contributed by atoms with E-state index in [1.165, 1.54) is 32.1 Å². The van der Waals surface area contributed by atoms with E-state index in [0.717, 1.165) is 13.1 Å². The van der Waals surface area contributed by atoms with Gasteiger partial charge in [0.1, 0.15) is 0 Å². The van der Waals surface area contributed by atoms with Gasteiger partial charge in [0.2, 0.25) is 5.89 Å². The molecule has 5 heteroatoms. The first kappa shape index (κ1) is 14.3. The fourth-order valence-corrected chi connectivity index (χ4v) is 2.80. The molecule has 0 spiro atoms. The predicted molar refractivity (Wildman–Crippen MR) is 76.3 cm³/mol. The lowest BCUT2D eigenvalue weighted by Gasteiger charge is -2.34. The van der Waals surface area contributed by atoms with Gasteiger partial charge in [-0.1, -0.05) is 25.4 Å². The Morgan fingerprint density at radius 1 is 1.37 bits per heavy atom. The Bertz CT molecular complexity index is 377. The van der Waals surface area contributed by atoms with Gasteiger partial charge in [-0.3, -0.25) is 0 Å². The number of rotatable bonds is 6. The van der Waals surface area contributed by atoms with Gasteiger partial charge in [0.25, 0.3) is 0 Å². The van der Waals surface area contributed by atoms with E-state index >= 15 is 0 Å². The number of aromatic nitrogens is 2. The molecule has 2 heterocycles. The summed E-state index contributed by atoms with van der Waals surface area (Å²) in [5.74, 6) is 0.692. The third-order valence-corrected chi connectivity index (χ3v) is 3.81. The van der Waals surface area contributed by atoms with Crippen molar-refractivity contribution in [3.63, 3.8) is 0 Å². The summed E-state index contributed by atoms with van der Waals surface area (Å²) in [7, 11) is 0. The largest absolute Gasteiger partial charge is 0.406 e. The van der Waals surface area contributed by atoms with Gasteiger partial charge in [-0.2, -0.15) is 0 Å². The van der Waals surface area contributed by atoms with Crippen molar-refractivity contribution in [2.45, 2.75) is 65.0 Å². The normalized spacial score (nSPS) is 21.6. The summed E-state index contributed by atoms with van der Waals surface area (Å²) < 4.78 is 5.86. The van der Waals surface area contributed by atoms with Crippen LogP contribution in [0.5, 0.6) is 0 Å². The number of nitrogens with one attached hydrogen (secondary N) is 1. The summed E-state index contributed by atoms with van der Waals surface area (Å²) >= 11 is 0. The maximum Gasteiger partial charge on any atom is 0.318 e. The summed E-state index contributed by atoms with van der Waals surface area (Å²) in [4.78, 5) is 2.31. The molecule has 0 radical (unpaired) electrons. The highest BCUT2D eigenvalue weighted by atomic mass is 16.4. The van der Waals surface area contributed by atoms with Gasteiger partial charge in [0.15, 0.2) is 0 Å². The van der Waals surface area contributed by atoms with Crippen LogP contribution in [0.4, 0.5) is 6.01 Å². The molecule has 1 fully saturated rings. The zero-order valence-corrected chi connectivity index (χ0v) is 12.4. The van der Waals surface area contributed by atoms with Crippen molar-refractivity contribution >= 4 is 6.01 Å². The van der Waals surface area contributed by atoms with Crippen molar-refractivity contribution in [3.8, 4) is 0 Å². The van der Waals surface area contributed by atoms with E-state index in [1.54, 1.807) is 0 Å². The van der Waals surface area contributed by atoms with Crippen LogP contribution in [-0.2, 0) is 0 Å². The summed E-state index contributed by atoms with van der Waals surface area (Å²) in [6.45, 7) is 8.32. The molecule has 2 atom stereocenters. The molecule has 1 aliphatic heterocycles. The van der Waals surface area contributed by atoms with E-state index in [-0.39, 0.29) is 6.04 Å². The highest BCUT2D eigenvalue weighted by Crippen LogP contribution is 2.27. The molecule has 2 rings (SSSR count). The first-order valence-electron chi connectivity index (χ1n) is 7.59. The van der Waals surface area contributed by atoms with Crippen LogP contribution in [0, 0.1) is 0 Å². The second kappa shape index (κ2) is 6.89. The first-order chi connectivity index (χ1) is 9.26. The Balaban J connectivity index is 2.07. The third kappa shape index (κ3) is 3.47. The molecule has 1 N–H and O–H groups in total. The third-order valence-electron chi connectivity index (χ3n) is 3.81.